The number of hydrogen-bond acceptors (Lipinski definition) is 3. The molecule has 1 unspecified atom stereocenters. The van der Waals surface area contributed by atoms with Gasteiger partial charge in [0, 0.05) is 12.7 Å². The van der Waals surface area contributed by atoms with Crippen molar-refractivity contribution in [3.05, 3.63) is 59.7 Å². The van der Waals surface area contributed by atoms with Gasteiger partial charge in [-0.25, -0.2) is 0 Å². The third-order valence-corrected chi connectivity index (χ3v) is 3.43. The summed E-state index contributed by atoms with van der Waals surface area (Å²) in [5.74, 6) is -0.234. The van der Waals surface area contributed by atoms with Crippen LogP contribution in [0, 0.1) is 0 Å². The average molecular weight is 270 g/mol. The highest BCUT2D eigenvalue weighted by Gasteiger charge is 2.21. The van der Waals surface area contributed by atoms with Gasteiger partial charge in [0.15, 0.2) is 0 Å². The van der Waals surface area contributed by atoms with E-state index in [0.29, 0.717) is 11.3 Å². The number of benzene rings is 2. The van der Waals surface area contributed by atoms with Crippen LogP contribution in [0.1, 0.15) is 28.9 Å². The Bertz CT molecular complexity index is 625. The molecule has 0 heterocycles. The Morgan fingerprint density at radius 3 is 2.55 bits per heavy atom. The molecule has 4 heteroatoms. The fraction of sp³-hybridized carbons (Fsp3) is 0.188. The van der Waals surface area contributed by atoms with Gasteiger partial charge in [-0.15, -0.1) is 0 Å². The van der Waals surface area contributed by atoms with Gasteiger partial charge in [0.05, 0.1) is 11.6 Å². The first kappa shape index (κ1) is 13.9. The maximum absolute atomic E-state index is 12.4. The third kappa shape index (κ3) is 2.74. The van der Waals surface area contributed by atoms with E-state index in [1.54, 1.807) is 36.2 Å². The topological polar surface area (TPSA) is 66.6 Å². The van der Waals surface area contributed by atoms with E-state index in [-0.39, 0.29) is 17.7 Å². The first-order valence-electron chi connectivity index (χ1n) is 6.41. The maximum Gasteiger partial charge on any atom is 0.257 e. The van der Waals surface area contributed by atoms with Crippen molar-refractivity contribution < 1.29 is 9.90 Å². The van der Waals surface area contributed by atoms with E-state index in [1.807, 2.05) is 25.1 Å². The molecule has 4 nitrogen and oxygen atoms in total. The second-order valence-corrected chi connectivity index (χ2v) is 4.78. The molecule has 1 atom stereocenters. The summed E-state index contributed by atoms with van der Waals surface area (Å²) in [4.78, 5) is 14.0. The molecule has 0 aliphatic carbocycles. The van der Waals surface area contributed by atoms with Crippen LogP contribution < -0.4 is 5.73 Å². The first-order valence-corrected chi connectivity index (χ1v) is 6.41. The number of rotatable bonds is 3. The molecule has 2 rings (SSSR count). The Morgan fingerprint density at radius 1 is 1.20 bits per heavy atom. The van der Waals surface area contributed by atoms with Crippen molar-refractivity contribution in [2.45, 2.75) is 13.0 Å². The zero-order valence-corrected chi connectivity index (χ0v) is 11.6. The SMILES string of the molecule is CC(c1cccc(N)c1)N(C)C(=O)c1ccccc1O. The molecule has 3 N–H and O–H groups in total. The molecular weight excluding hydrogens is 252 g/mol. The fourth-order valence-corrected chi connectivity index (χ4v) is 2.06. The summed E-state index contributed by atoms with van der Waals surface area (Å²) >= 11 is 0. The molecule has 0 aliphatic heterocycles. The molecule has 0 saturated carbocycles. The van der Waals surface area contributed by atoms with E-state index >= 15 is 0 Å². The van der Waals surface area contributed by atoms with Gasteiger partial charge in [0.25, 0.3) is 5.91 Å². The van der Waals surface area contributed by atoms with E-state index in [2.05, 4.69) is 0 Å². The number of anilines is 1. The maximum atomic E-state index is 12.4. The normalized spacial score (nSPS) is 11.9. The highest BCUT2D eigenvalue weighted by molar-refractivity contribution is 5.96. The van der Waals surface area contributed by atoms with E-state index < -0.39 is 0 Å². The van der Waals surface area contributed by atoms with Crippen LogP contribution in [0.2, 0.25) is 0 Å². The molecule has 104 valence electrons. The van der Waals surface area contributed by atoms with Crippen LogP contribution in [0.25, 0.3) is 0 Å². The number of nitrogen functional groups attached to an aromatic ring is 1. The lowest BCUT2D eigenvalue weighted by Crippen LogP contribution is -2.29. The van der Waals surface area contributed by atoms with Gasteiger partial charge in [-0.3, -0.25) is 4.79 Å². The van der Waals surface area contributed by atoms with Gasteiger partial charge in [-0.05, 0) is 36.8 Å². The second-order valence-electron chi connectivity index (χ2n) is 4.78. The summed E-state index contributed by atoms with van der Waals surface area (Å²) in [5, 5.41) is 9.76. The largest absolute Gasteiger partial charge is 0.507 e. The van der Waals surface area contributed by atoms with Crippen molar-refractivity contribution >= 4 is 11.6 Å². The number of nitrogens with two attached hydrogens (primary N) is 1. The number of carbonyl (C=O) groups is 1. The molecule has 0 aromatic heterocycles. The zero-order valence-electron chi connectivity index (χ0n) is 11.6. The number of phenols is 1. The Morgan fingerprint density at radius 2 is 1.90 bits per heavy atom. The van der Waals surface area contributed by atoms with E-state index in [0.717, 1.165) is 5.56 Å². The van der Waals surface area contributed by atoms with Crippen molar-refractivity contribution in [2.24, 2.45) is 0 Å². The minimum Gasteiger partial charge on any atom is -0.507 e. The van der Waals surface area contributed by atoms with Crippen LogP contribution >= 0.6 is 0 Å². The first-order chi connectivity index (χ1) is 9.50. The quantitative estimate of drug-likeness (QED) is 0.843. The van der Waals surface area contributed by atoms with Crippen LogP contribution in [0.5, 0.6) is 5.75 Å². The molecule has 0 saturated heterocycles. The number of carbonyl (C=O) groups excluding carboxylic acids is 1. The Labute approximate surface area is 118 Å². The lowest BCUT2D eigenvalue weighted by molar-refractivity contribution is 0.0739. The summed E-state index contributed by atoms with van der Waals surface area (Å²) in [7, 11) is 1.71. The van der Waals surface area contributed by atoms with Gasteiger partial charge in [0.2, 0.25) is 0 Å². The number of phenolic OH excluding ortho intramolecular Hbond substituents is 1. The van der Waals surface area contributed by atoms with Crippen LogP contribution in [0.4, 0.5) is 5.69 Å². The fourth-order valence-electron chi connectivity index (χ4n) is 2.06. The van der Waals surface area contributed by atoms with Crippen molar-refractivity contribution in [3.63, 3.8) is 0 Å². The number of nitrogens with zero attached hydrogens (tertiary/aromatic N) is 1. The number of amides is 1. The molecule has 0 radical (unpaired) electrons. The van der Waals surface area contributed by atoms with Crippen LogP contribution in [-0.2, 0) is 0 Å². The van der Waals surface area contributed by atoms with Gasteiger partial charge in [-0.1, -0.05) is 24.3 Å². The van der Waals surface area contributed by atoms with E-state index in [4.69, 9.17) is 5.73 Å². The zero-order chi connectivity index (χ0) is 14.7. The van der Waals surface area contributed by atoms with Gasteiger partial charge in [0.1, 0.15) is 5.75 Å². The summed E-state index contributed by atoms with van der Waals surface area (Å²) in [5.41, 5.74) is 7.68. The van der Waals surface area contributed by atoms with Crippen molar-refractivity contribution in [1.82, 2.24) is 4.90 Å². The van der Waals surface area contributed by atoms with Gasteiger partial charge >= 0.3 is 0 Å². The van der Waals surface area contributed by atoms with Crippen LogP contribution in [0.15, 0.2) is 48.5 Å². The van der Waals surface area contributed by atoms with Crippen molar-refractivity contribution in [1.29, 1.82) is 0 Å². The minimum atomic E-state index is -0.224. The Hall–Kier alpha value is -2.49. The monoisotopic (exact) mass is 270 g/mol. The number of hydrogen-bond donors (Lipinski definition) is 2. The number of para-hydroxylation sites is 1. The molecule has 0 aliphatic rings. The Kier molecular flexibility index (Phi) is 3.94. The lowest BCUT2D eigenvalue weighted by Gasteiger charge is -2.26. The van der Waals surface area contributed by atoms with Crippen molar-refractivity contribution in [3.8, 4) is 5.75 Å². The highest BCUT2D eigenvalue weighted by atomic mass is 16.3. The summed E-state index contributed by atoms with van der Waals surface area (Å²) < 4.78 is 0. The molecule has 1 amide bonds. The molecule has 0 fully saturated rings. The Balaban J connectivity index is 2.25. The molecule has 0 bridgehead atoms. The van der Waals surface area contributed by atoms with Gasteiger partial charge < -0.3 is 15.7 Å². The summed E-state index contributed by atoms with van der Waals surface area (Å²) in [6.07, 6.45) is 0. The molecule has 0 spiro atoms. The molecule has 2 aromatic rings. The third-order valence-electron chi connectivity index (χ3n) is 3.43. The molecule has 2 aromatic carbocycles. The second kappa shape index (κ2) is 5.65. The molecule has 20 heavy (non-hydrogen) atoms. The van der Waals surface area contributed by atoms with Crippen LogP contribution in [0.3, 0.4) is 0 Å². The minimum absolute atomic E-state index is 0.0101. The predicted molar refractivity (Wildman–Crippen MR) is 79.5 cm³/mol. The van der Waals surface area contributed by atoms with Crippen LogP contribution in [-0.4, -0.2) is 23.0 Å². The standard InChI is InChI=1S/C16H18N2O2/c1-11(12-6-5-7-13(17)10-12)18(2)16(20)14-8-3-4-9-15(14)19/h3-11,19H,17H2,1-2H3. The summed E-state index contributed by atoms with van der Waals surface area (Å²) in [6, 6.07) is 13.8. The number of aromatic hydroxyl groups is 1. The highest BCUT2D eigenvalue weighted by Crippen LogP contribution is 2.25. The summed E-state index contributed by atoms with van der Waals surface area (Å²) in [6.45, 7) is 1.92. The average Bonchev–Trinajstić information content (AvgIpc) is 2.45. The van der Waals surface area contributed by atoms with E-state index in [1.165, 1.54) is 6.07 Å². The predicted octanol–water partition coefficient (Wildman–Crippen LogP) is 2.81. The molecular formula is C16H18N2O2. The van der Waals surface area contributed by atoms with E-state index in [9.17, 15) is 9.90 Å². The lowest BCUT2D eigenvalue weighted by atomic mass is 10.1. The smallest absolute Gasteiger partial charge is 0.257 e. The van der Waals surface area contributed by atoms with Crippen molar-refractivity contribution in [2.75, 3.05) is 12.8 Å². The van der Waals surface area contributed by atoms with Gasteiger partial charge in [-0.2, -0.15) is 0 Å².